The van der Waals surface area contributed by atoms with Crippen molar-refractivity contribution in [3.05, 3.63) is 95.1 Å². The van der Waals surface area contributed by atoms with Gasteiger partial charge in [-0.1, -0.05) is 30.3 Å². The molecule has 160 valence electrons. The van der Waals surface area contributed by atoms with Crippen molar-refractivity contribution in [2.75, 3.05) is 4.90 Å². The second-order valence-electron chi connectivity index (χ2n) is 8.05. The van der Waals surface area contributed by atoms with E-state index in [0.717, 1.165) is 11.3 Å². The van der Waals surface area contributed by atoms with Gasteiger partial charge < -0.3 is 14.9 Å². The molecule has 0 saturated carbocycles. The molecule has 6 heteroatoms. The third kappa shape index (κ3) is 3.21. The predicted molar refractivity (Wildman–Crippen MR) is 120 cm³/mol. The third-order valence-corrected chi connectivity index (χ3v) is 5.86. The number of hydrogen-bond acceptors (Lipinski definition) is 5. The van der Waals surface area contributed by atoms with E-state index in [9.17, 15) is 19.8 Å². The highest BCUT2D eigenvalue weighted by Crippen LogP contribution is 2.43. The Balaban J connectivity index is 1.69. The van der Waals surface area contributed by atoms with Crippen LogP contribution in [0, 0.1) is 0 Å². The number of aliphatic hydroxyl groups excluding tert-OH is 1. The summed E-state index contributed by atoms with van der Waals surface area (Å²) >= 11 is 0. The highest BCUT2D eigenvalue weighted by atomic mass is 16.5. The number of hydrogen-bond donors (Lipinski definition) is 2. The lowest BCUT2D eigenvalue weighted by molar-refractivity contribution is -0.132. The number of ether oxygens (including phenoxy) is 1. The Labute approximate surface area is 185 Å². The molecular weight excluding hydrogens is 406 g/mol. The number of fused-ring (bicyclic) bond motifs is 1. The van der Waals surface area contributed by atoms with E-state index < -0.39 is 17.7 Å². The quantitative estimate of drug-likeness (QED) is 0.369. The maximum Gasteiger partial charge on any atom is 0.300 e. The van der Waals surface area contributed by atoms with Crippen LogP contribution in [0.1, 0.15) is 29.7 Å². The number of nitrogens with zero attached hydrogens (tertiary/aromatic N) is 1. The van der Waals surface area contributed by atoms with E-state index in [2.05, 4.69) is 0 Å². The van der Waals surface area contributed by atoms with Gasteiger partial charge in [-0.05, 0) is 60.5 Å². The summed E-state index contributed by atoms with van der Waals surface area (Å²) in [5.74, 6) is -0.877. The molecule has 6 nitrogen and oxygen atoms in total. The van der Waals surface area contributed by atoms with Gasteiger partial charge in [-0.25, -0.2) is 0 Å². The van der Waals surface area contributed by atoms with Crippen LogP contribution in [-0.2, 0) is 16.0 Å². The average molecular weight is 427 g/mol. The lowest BCUT2D eigenvalue weighted by atomic mass is 9.94. The predicted octanol–water partition coefficient (Wildman–Crippen LogP) is 4.34. The number of aliphatic hydroxyl groups is 1. The minimum Gasteiger partial charge on any atom is -0.508 e. The first-order valence-corrected chi connectivity index (χ1v) is 10.4. The Morgan fingerprint density at radius 1 is 1.00 bits per heavy atom. The average Bonchev–Trinajstić information content (AvgIpc) is 3.30. The van der Waals surface area contributed by atoms with Crippen LogP contribution in [0.25, 0.3) is 5.76 Å². The van der Waals surface area contributed by atoms with Crippen molar-refractivity contribution in [3.63, 3.8) is 0 Å². The number of Topliss-reactive ketones (excluding diaryl/α,β-unsaturated/α-hetero) is 1. The van der Waals surface area contributed by atoms with E-state index in [4.69, 9.17) is 4.74 Å². The van der Waals surface area contributed by atoms with Crippen LogP contribution in [-0.4, -0.2) is 28.0 Å². The van der Waals surface area contributed by atoms with Gasteiger partial charge in [0.1, 0.15) is 23.4 Å². The molecule has 2 atom stereocenters. The molecule has 3 aromatic carbocycles. The summed E-state index contributed by atoms with van der Waals surface area (Å²) in [6.45, 7) is 1.97. The van der Waals surface area contributed by atoms with Gasteiger partial charge >= 0.3 is 0 Å². The minimum atomic E-state index is -0.832. The summed E-state index contributed by atoms with van der Waals surface area (Å²) < 4.78 is 5.73. The third-order valence-electron chi connectivity index (χ3n) is 5.86. The van der Waals surface area contributed by atoms with Crippen LogP contribution in [0.4, 0.5) is 5.69 Å². The molecule has 2 unspecified atom stereocenters. The molecule has 2 N–H and O–H groups in total. The van der Waals surface area contributed by atoms with E-state index >= 15 is 0 Å². The largest absolute Gasteiger partial charge is 0.508 e. The first-order chi connectivity index (χ1) is 15.4. The first kappa shape index (κ1) is 19.9. The van der Waals surface area contributed by atoms with Crippen LogP contribution in [0.15, 0.2) is 78.4 Å². The monoisotopic (exact) mass is 427 g/mol. The van der Waals surface area contributed by atoms with Crippen molar-refractivity contribution in [1.82, 2.24) is 0 Å². The molecule has 0 aliphatic carbocycles. The van der Waals surface area contributed by atoms with Crippen LogP contribution in [0.3, 0.4) is 0 Å². The molecule has 32 heavy (non-hydrogen) atoms. The van der Waals surface area contributed by atoms with Crippen LogP contribution in [0.2, 0.25) is 0 Å². The number of ketones is 1. The van der Waals surface area contributed by atoms with E-state index in [1.807, 2.05) is 13.0 Å². The van der Waals surface area contributed by atoms with E-state index in [-0.39, 0.29) is 23.2 Å². The van der Waals surface area contributed by atoms with Gasteiger partial charge in [-0.15, -0.1) is 0 Å². The van der Waals surface area contributed by atoms with Crippen molar-refractivity contribution in [1.29, 1.82) is 0 Å². The summed E-state index contributed by atoms with van der Waals surface area (Å²) in [5, 5.41) is 21.0. The SMILES string of the molecule is CC1Cc2cc(/C(O)=C3/C(=O)C(=O)N(c4ccccc4)C3c3ccc(O)cc3)ccc2O1. The number of aromatic hydroxyl groups is 1. The molecule has 2 aliphatic rings. The number of benzene rings is 3. The maximum absolute atomic E-state index is 13.2. The summed E-state index contributed by atoms with van der Waals surface area (Å²) in [7, 11) is 0. The molecule has 1 fully saturated rings. The number of phenolic OH excluding ortho intramolecular Hbond substituents is 1. The number of carbonyl (C=O) groups excluding carboxylic acids is 2. The van der Waals surface area contributed by atoms with Gasteiger partial charge in [-0.2, -0.15) is 0 Å². The molecule has 3 aromatic rings. The second-order valence-corrected chi connectivity index (χ2v) is 8.05. The number of carbonyl (C=O) groups is 2. The van der Waals surface area contributed by atoms with Gasteiger partial charge in [0.25, 0.3) is 11.7 Å². The minimum absolute atomic E-state index is 0.0106. The number of amides is 1. The van der Waals surface area contributed by atoms with Gasteiger partial charge in [0, 0.05) is 17.7 Å². The Kier molecular flexibility index (Phi) is 4.70. The summed E-state index contributed by atoms with van der Waals surface area (Å²) in [5.41, 5.74) is 2.56. The zero-order valence-electron chi connectivity index (χ0n) is 17.4. The number of anilines is 1. The zero-order valence-corrected chi connectivity index (χ0v) is 17.4. The van der Waals surface area contributed by atoms with Gasteiger partial charge in [0.05, 0.1) is 11.6 Å². The highest BCUT2D eigenvalue weighted by Gasteiger charge is 2.47. The lowest BCUT2D eigenvalue weighted by Gasteiger charge is -2.25. The van der Waals surface area contributed by atoms with E-state index in [0.29, 0.717) is 23.2 Å². The molecule has 0 aromatic heterocycles. The second kappa shape index (κ2) is 7.57. The first-order valence-electron chi connectivity index (χ1n) is 10.4. The Bertz CT molecular complexity index is 1250. The molecule has 0 spiro atoms. The van der Waals surface area contributed by atoms with E-state index in [1.54, 1.807) is 54.6 Å². The highest BCUT2D eigenvalue weighted by molar-refractivity contribution is 6.51. The number of phenols is 1. The van der Waals surface area contributed by atoms with Crippen molar-refractivity contribution in [2.24, 2.45) is 0 Å². The molecule has 0 bridgehead atoms. The lowest BCUT2D eigenvalue weighted by Crippen LogP contribution is -2.29. The Morgan fingerprint density at radius 2 is 1.72 bits per heavy atom. The van der Waals surface area contributed by atoms with Crippen molar-refractivity contribution < 1.29 is 24.5 Å². The fourth-order valence-corrected chi connectivity index (χ4v) is 4.38. The molecule has 1 saturated heterocycles. The van der Waals surface area contributed by atoms with Crippen molar-refractivity contribution in [2.45, 2.75) is 25.5 Å². The molecule has 1 amide bonds. The van der Waals surface area contributed by atoms with Gasteiger partial charge in [0.2, 0.25) is 0 Å². The normalized spacial score (nSPS) is 21.5. The zero-order chi connectivity index (χ0) is 22.4. The number of para-hydroxylation sites is 1. The fourth-order valence-electron chi connectivity index (χ4n) is 4.38. The van der Waals surface area contributed by atoms with Crippen LogP contribution in [0.5, 0.6) is 11.5 Å². The topological polar surface area (TPSA) is 87.1 Å². The summed E-state index contributed by atoms with van der Waals surface area (Å²) in [6.07, 6.45) is 0.749. The molecule has 2 aliphatic heterocycles. The van der Waals surface area contributed by atoms with Crippen molar-refractivity contribution in [3.8, 4) is 11.5 Å². The van der Waals surface area contributed by atoms with E-state index in [1.165, 1.54) is 17.0 Å². The molecule has 5 rings (SSSR count). The Morgan fingerprint density at radius 3 is 2.44 bits per heavy atom. The summed E-state index contributed by atoms with van der Waals surface area (Å²) in [6, 6.07) is 19.6. The van der Waals surface area contributed by atoms with Gasteiger partial charge in [0.15, 0.2) is 0 Å². The molecular formula is C26H21NO5. The molecule has 0 radical (unpaired) electrons. The summed E-state index contributed by atoms with van der Waals surface area (Å²) in [4.78, 5) is 27.6. The van der Waals surface area contributed by atoms with Crippen molar-refractivity contribution >= 4 is 23.1 Å². The number of rotatable bonds is 3. The molecule has 2 heterocycles. The maximum atomic E-state index is 13.2. The van der Waals surface area contributed by atoms with Crippen LogP contribution < -0.4 is 9.64 Å². The fraction of sp³-hybridized carbons (Fsp3) is 0.154. The smallest absolute Gasteiger partial charge is 0.300 e. The Hall–Kier alpha value is -4.06. The van der Waals surface area contributed by atoms with Gasteiger partial charge in [-0.3, -0.25) is 14.5 Å². The standard InChI is InChI=1S/C26H21NO5/c1-15-13-18-14-17(9-12-21(18)32-15)24(29)22-23(16-7-10-20(28)11-8-16)27(26(31)25(22)30)19-5-3-2-4-6-19/h2-12,14-15,23,28-29H,13H2,1H3/b24-22-. The van der Waals surface area contributed by atoms with Crippen LogP contribution >= 0.6 is 0 Å².